The molecule has 4 nitrogen and oxygen atoms in total. The molecule has 0 aliphatic heterocycles. The third kappa shape index (κ3) is 3.13. The van der Waals surface area contributed by atoms with Crippen LogP contribution in [0.5, 0.6) is 0 Å². The van der Waals surface area contributed by atoms with Gasteiger partial charge in [0.05, 0.1) is 5.52 Å². The minimum Gasteiger partial charge on any atom is -0.361 e. The molecule has 25 heavy (non-hydrogen) atoms. The smallest absolute Gasteiger partial charge is 0.0695 e. The van der Waals surface area contributed by atoms with Gasteiger partial charge in [0.15, 0.2) is 0 Å². The van der Waals surface area contributed by atoms with E-state index in [9.17, 15) is 0 Å². The lowest BCUT2D eigenvalue weighted by Crippen LogP contribution is -2.18. The molecule has 0 spiro atoms. The zero-order valence-corrected chi connectivity index (χ0v) is 14.5. The van der Waals surface area contributed by atoms with Crippen LogP contribution in [-0.4, -0.2) is 22.2 Å². The highest BCUT2D eigenvalue weighted by atomic mass is 15.4. The SMILES string of the molecule is CC(N)Cc1cn(NCCc2c[nH]c3ccccc23)c2ccccc12. The van der Waals surface area contributed by atoms with E-state index >= 15 is 0 Å². The molecule has 4 rings (SSSR count). The third-order valence-electron chi connectivity index (χ3n) is 4.69. The Morgan fingerprint density at radius 2 is 1.80 bits per heavy atom. The Morgan fingerprint density at radius 3 is 2.64 bits per heavy atom. The number of aromatic amines is 1. The fourth-order valence-electron chi connectivity index (χ4n) is 3.54. The summed E-state index contributed by atoms with van der Waals surface area (Å²) in [6, 6.07) is 17.1. The minimum atomic E-state index is 0.158. The van der Waals surface area contributed by atoms with Crippen LogP contribution in [0.4, 0.5) is 0 Å². The van der Waals surface area contributed by atoms with Crippen molar-refractivity contribution in [2.75, 3.05) is 12.0 Å². The monoisotopic (exact) mass is 332 g/mol. The van der Waals surface area contributed by atoms with Gasteiger partial charge in [0.1, 0.15) is 0 Å². The molecule has 0 bridgehead atoms. The molecule has 4 heteroatoms. The van der Waals surface area contributed by atoms with Crippen LogP contribution in [0.3, 0.4) is 0 Å². The summed E-state index contributed by atoms with van der Waals surface area (Å²) in [6.07, 6.45) is 6.15. The van der Waals surface area contributed by atoms with Gasteiger partial charge in [-0.3, -0.25) is 4.68 Å². The van der Waals surface area contributed by atoms with Gasteiger partial charge in [0.2, 0.25) is 0 Å². The van der Waals surface area contributed by atoms with Crippen LogP contribution in [0.25, 0.3) is 21.8 Å². The van der Waals surface area contributed by atoms with Gasteiger partial charge >= 0.3 is 0 Å². The predicted octanol–water partition coefficient (Wildman–Crippen LogP) is 3.80. The largest absolute Gasteiger partial charge is 0.361 e. The van der Waals surface area contributed by atoms with Crippen molar-refractivity contribution in [3.8, 4) is 0 Å². The van der Waals surface area contributed by atoms with Crippen molar-refractivity contribution in [3.05, 3.63) is 72.1 Å². The molecule has 1 atom stereocenters. The van der Waals surface area contributed by atoms with Crippen LogP contribution in [0.2, 0.25) is 0 Å². The Bertz CT molecular complexity index is 993. The van der Waals surface area contributed by atoms with Crippen molar-refractivity contribution < 1.29 is 0 Å². The van der Waals surface area contributed by atoms with Crippen molar-refractivity contribution in [2.24, 2.45) is 5.73 Å². The number of nitrogens with one attached hydrogen (secondary N) is 2. The van der Waals surface area contributed by atoms with E-state index in [2.05, 4.69) is 82.9 Å². The van der Waals surface area contributed by atoms with E-state index in [1.165, 1.54) is 32.9 Å². The average molecular weight is 332 g/mol. The first-order valence-electron chi connectivity index (χ1n) is 8.86. The quantitative estimate of drug-likeness (QED) is 0.503. The molecule has 2 aromatic heterocycles. The van der Waals surface area contributed by atoms with Gasteiger partial charge in [-0.2, -0.15) is 0 Å². The van der Waals surface area contributed by atoms with Gasteiger partial charge in [-0.25, -0.2) is 0 Å². The maximum absolute atomic E-state index is 6.01. The summed E-state index contributed by atoms with van der Waals surface area (Å²) in [7, 11) is 0. The lowest BCUT2D eigenvalue weighted by molar-refractivity contribution is 0.737. The number of hydrogen-bond acceptors (Lipinski definition) is 2. The minimum absolute atomic E-state index is 0.158. The first-order valence-corrected chi connectivity index (χ1v) is 8.86. The van der Waals surface area contributed by atoms with E-state index in [4.69, 9.17) is 5.73 Å². The molecule has 0 aliphatic rings. The second-order valence-electron chi connectivity index (χ2n) is 6.74. The molecule has 128 valence electrons. The van der Waals surface area contributed by atoms with Gasteiger partial charge in [-0.1, -0.05) is 36.4 Å². The highest BCUT2D eigenvalue weighted by Gasteiger charge is 2.10. The second kappa shape index (κ2) is 6.65. The maximum atomic E-state index is 6.01. The standard InChI is InChI=1S/C21H24N4/c1-15(22)12-17-14-25(21-9-5-3-7-19(17)21)24-11-10-16-13-23-20-8-4-2-6-18(16)20/h2-9,13-15,23-24H,10-12,22H2,1H3. The Balaban J connectivity index is 1.53. The Kier molecular flexibility index (Phi) is 4.20. The highest BCUT2D eigenvalue weighted by Crippen LogP contribution is 2.22. The van der Waals surface area contributed by atoms with E-state index in [-0.39, 0.29) is 6.04 Å². The van der Waals surface area contributed by atoms with Crippen LogP contribution < -0.4 is 11.2 Å². The zero-order valence-electron chi connectivity index (χ0n) is 14.5. The normalized spacial score (nSPS) is 12.7. The van der Waals surface area contributed by atoms with Crippen LogP contribution in [-0.2, 0) is 12.8 Å². The molecule has 1 unspecified atom stereocenters. The van der Waals surface area contributed by atoms with Crippen LogP contribution in [0, 0.1) is 0 Å². The number of para-hydroxylation sites is 2. The summed E-state index contributed by atoms with van der Waals surface area (Å²) in [6.45, 7) is 2.93. The van der Waals surface area contributed by atoms with Crippen molar-refractivity contribution in [1.29, 1.82) is 0 Å². The van der Waals surface area contributed by atoms with Gasteiger partial charge in [-0.15, -0.1) is 0 Å². The summed E-state index contributed by atoms with van der Waals surface area (Å²) >= 11 is 0. The summed E-state index contributed by atoms with van der Waals surface area (Å²) < 4.78 is 2.14. The van der Waals surface area contributed by atoms with E-state index in [1.54, 1.807) is 0 Å². The van der Waals surface area contributed by atoms with E-state index in [0.717, 1.165) is 19.4 Å². The first-order chi connectivity index (χ1) is 12.2. The van der Waals surface area contributed by atoms with Gasteiger partial charge in [0.25, 0.3) is 0 Å². The molecule has 2 aromatic carbocycles. The molecule has 0 radical (unpaired) electrons. The molecule has 0 saturated carbocycles. The fraction of sp³-hybridized carbons (Fsp3) is 0.238. The van der Waals surface area contributed by atoms with Gasteiger partial charge < -0.3 is 16.1 Å². The molecule has 0 amide bonds. The number of benzene rings is 2. The number of nitrogens with zero attached hydrogens (tertiary/aromatic N) is 1. The fourth-order valence-corrected chi connectivity index (χ4v) is 3.54. The van der Waals surface area contributed by atoms with Crippen molar-refractivity contribution in [1.82, 2.24) is 9.66 Å². The maximum Gasteiger partial charge on any atom is 0.0695 e. The number of rotatable bonds is 6. The van der Waals surface area contributed by atoms with Gasteiger partial charge in [-0.05, 0) is 43.0 Å². The molecular weight excluding hydrogens is 308 g/mol. The molecule has 0 saturated heterocycles. The number of aromatic nitrogens is 2. The number of H-pyrrole nitrogens is 1. The van der Waals surface area contributed by atoms with Crippen LogP contribution in [0.1, 0.15) is 18.1 Å². The van der Waals surface area contributed by atoms with Crippen molar-refractivity contribution in [3.63, 3.8) is 0 Å². The Hall–Kier alpha value is -2.72. The number of fused-ring (bicyclic) bond motifs is 2. The summed E-state index contributed by atoms with van der Waals surface area (Å²) in [4.78, 5) is 3.34. The second-order valence-corrected chi connectivity index (χ2v) is 6.74. The average Bonchev–Trinajstić information content (AvgIpc) is 3.17. The number of hydrogen-bond donors (Lipinski definition) is 3. The molecule has 4 N–H and O–H groups in total. The molecule has 4 aromatic rings. The third-order valence-corrected chi connectivity index (χ3v) is 4.69. The van der Waals surface area contributed by atoms with Crippen LogP contribution in [0.15, 0.2) is 60.9 Å². The van der Waals surface area contributed by atoms with Crippen molar-refractivity contribution >= 4 is 21.8 Å². The Morgan fingerprint density at radius 1 is 1.04 bits per heavy atom. The zero-order chi connectivity index (χ0) is 17.2. The van der Waals surface area contributed by atoms with Crippen molar-refractivity contribution in [2.45, 2.75) is 25.8 Å². The van der Waals surface area contributed by atoms with E-state index in [0.29, 0.717) is 0 Å². The van der Waals surface area contributed by atoms with Gasteiger partial charge in [0, 0.05) is 41.3 Å². The topological polar surface area (TPSA) is 58.8 Å². The summed E-state index contributed by atoms with van der Waals surface area (Å²) in [5.74, 6) is 0. The number of nitrogens with two attached hydrogens (primary N) is 1. The van der Waals surface area contributed by atoms with E-state index in [1.807, 2.05) is 0 Å². The van der Waals surface area contributed by atoms with Crippen LogP contribution >= 0.6 is 0 Å². The van der Waals surface area contributed by atoms with E-state index < -0.39 is 0 Å². The Labute approximate surface area is 147 Å². The molecule has 0 aliphatic carbocycles. The first kappa shape index (κ1) is 15.8. The lowest BCUT2D eigenvalue weighted by atomic mass is 10.1. The predicted molar refractivity (Wildman–Crippen MR) is 106 cm³/mol. The molecular formula is C21H24N4. The summed E-state index contributed by atoms with van der Waals surface area (Å²) in [5, 5.41) is 2.58. The summed E-state index contributed by atoms with van der Waals surface area (Å²) in [5.41, 5.74) is 14.6. The molecule has 0 fully saturated rings. The highest BCUT2D eigenvalue weighted by molar-refractivity contribution is 5.84. The molecule has 2 heterocycles. The lowest BCUT2D eigenvalue weighted by Gasteiger charge is -2.09.